The molecule has 0 atom stereocenters. The number of hydrogen-bond acceptors (Lipinski definition) is 2. The van der Waals surface area contributed by atoms with Crippen LogP contribution in [-0.2, 0) is 6.54 Å². The number of nitrogens with zero attached hydrogens (tertiary/aromatic N) is 3. The fourth-order valence-corrected chi connectivity index (χ4v) is 2.99. The Morgan fingerprint density at radius 3 is 2.57 bits per heavy atom. The van der Waals surface area contributed by atoms with E-state index in [1.807, 2.05) is 19.2 Å². The van der Waals surface area contributed by atoms with Gasteiger partial charge in [0.25, 0.3) is 0 Å². The highest BCUT2D eigenvalue weighted by Crippen LogP contribution is 2.08. The molecular weight excluding hydrogens is 291 g/mol. The molecule has 1 aromatic carbocycles. The summed E-state index contributed by atoms with van der Waals surface area (Å²) in [6.07, 6.45) is 5.10. The van der Waals surface area contributed by atoms with Crippen molar-refractivity contribution in [3.05, 3.63) is 35.6 Å². The average molecular weight is 320 g/mol. The second-order valence-corrected chi connectivity index (χ2v) is 6.21. The van der Waals surface area contributed by atoms with E-state index >= 15 is 0 Å². The van der Waals surface area contributed by atoms with Crippen LogP contribution >= 0.6 is 0 Å². The maximum atomic E-state index is 12.9. The van der Waals surface area contributed by atoms with Gasteiger partial charge in [0.15, 0.2) is 5.96 Å². The molecule has 1 fully saturated rings. The van der Waals surface area contributed by atoms with Gasteiger partial charge in [0.1, 0.15) is 5.82 Å². The van der Waals surface area contributed by atoms with Crippen molar-refractivity contribution in [2.75, 3.05) is 40.3 Å². The largest absolute Gasteiger partial charge is 0.356 e. The maximum Gasteiger partial charge on any atom is 0.193 e. The van der Waals surface area contributed by atoms with Gasteiger partial charge in [0, 0.05) is 27.2 Å². The standard InChI is InChI=1S/C18H29FN4/c1-20-18(21-11-3-4-12-23-13-5-6-14-23)22(2)15-16-7-9-17(19)10-8-16/h7-10H,3-6,11-15H2,1-2H3,(H,20,21). The first kappa shape index (κ1) is 17.7. The predicted octanol–water partition coefficient (Wildman–Crippen LogP) is 2.71. The molecule has 1 aliphatic rings. The molecule has 0 amide bonds. The summed E-state index contributed by atoms with van der Waals surface area (Å²) in [5, 5.41) is 3.41. The molecule has 1 heterocycles. The van der Waals surface area contributed by atoms with Gasteiger partial charge >= 0.3 is 0 Å². The number of nitrogens with one attached hydrogen (secondary N) is 1. The van der Waals surface area contributed by atoms with Gasteiger partial charge in [0.2, 0.25) is 0 Å². The third kappa shape index (κ3) is 6.18. The first-order valence-corrected chi connectivity index (χ1v) is 8.57. The van der Waals surface area contributed by atoms with Crippen molar-refractivity contribution in [3.8, 4) is 0 Å². The molecule has 0 aliphatic carbocycles. The van der Waals surface area contributed by atoms with Crippen molar-refractivity contribution in [1.29, 1.82) is 0 Å². The summed E-state index contributed by atoms with van der Waals surface area (Å²) in [6.45, 7) is 5.42. The third-order valence-electron chi connectivity index (χ3n) is 4.29. The second-order valence-electron chi connectivity index (χ2n) is 6.21. The van der Waals surface area contributed by atoms with Gasteiger partial charge in [-0.25, -0.2) is 4.39 Å². The summed E-state index contributed by atoms with van der Waals surface area (Å²) in [4.78, 5) is 8.94. The molecular formula is C18H29FN4. The van der Waals surface area contributed by atoms with E-state index in [1.165, 1.54) is 51.0 Å². The minimum Gasteiger partial charge on any atom is -0.356 e. The lowest BCUT2D eigenvalue weighted by atomic mass is 10.2. The van der Waals surface area contributed by atoms with Crippen LogP contribution in [0.3, 0.4) is 0 Å². The average Bonchev–Trinajstić information content (AvgIpc) is 3.06. The summed E-state index contributed by atoms with van der Waals surface area (Å²) >= 11 is 0. The van der Waals surface area contributed by atoms with E-state index in [4.69, 9.17) is 0 Å². The zero-order chi connectivity index (χ0) is 16.5. The predicted molar refractivity (Wildman–Crippen MR) is 94.1 cm³/mol. The number of aliphatic imine (C=N–C) groups is 1. The number of unbranched alkanes of at least 4 members (excludes halogenated alkanes) is 1. The van der Waals surface area contributed by atoms with Crippen molar-refractivity contribution < 1.29 is 4.39 Å². The Morgan fingerprint density at radius 1 is 1.22 bits per heavy atom. The van der Waals surface area contributed by atoms with Crippen molar-refractivity contribution in [2.45, 2.75) is 32.2 Å². The molecule has 4 nitrogen and oxygen atoms in total. The van der Waals surface area contributed by atoms with Crippen LogP contribution in [0.5, 0.6) is 0 Å². The molecule has 5 heteroatoms. The molecule has 1 N–H and O–H groups in total. The van der Waals surface area contributed by atoms with Gasteiger partial charge in [-0.1, -0.05) is 12.1 Å². The maximum absolute atomic E-state index is 12.9. The van der Waals surface area contributed by atoms with Gasteiger partial charge in [-0.2, -0.15) is 0 Å². The van der Waals surface area contributed by atoms with Crippen LogP contribution in [0.1, 0.15) is 31.2 Å². The lowest BCUT2D eigenvalue weighted by molar-refractivity contribution is 0.330. The minimum atomic E-state index is -0.197. The molecule has 0 bridgehead atoms. The molecule has 1 saturated heterocycles. The molecule has 128 valence electrons. The Labute approximate surface area is 139 Å². The SMILES string of the molecule is CN=C(NCCCCN1CCCC1)N(C)Cc1ccc(F)cc1. The Balaban J connectivity index is 1.66. The normalized spacial score (nSPS) is 15.9. The number of benzene rings is 1. The topological polar surface area (TPSA) is 30.9 Å². The number of likely N-dealkylation sites (tertiary alicyclic amines) is 1. The van der Waals surface area contributed by atoms with Crippen LogP contribution < -0.4 is 5.32 Å². The number of hydrogen-bond donors (Lipinski definition) is 1. The number of halogens is 1. The Morgan fingerprint density at radius 2 is 1.91 bits per heavy atom. The summed E-state index contributed by atoms with van der Waals surface area (Å²) < 4.78 is 12.9. The first-order valence-electron chi connectivity index (χ1n) is 8.57. The fourth-order valence-electron chi connectivity index (χ4n) is 2.99. The highest BCUT2D eigenvalue weighted by molar-refractivity contribution is 5.79. The van der Waals surface area contributed by atoms with E-state index in [1.54, 1.807) is 7.05 Å². The molecule has 0 spiro atoms. The van der Waals surface area contributed by atoms with E-state index in [0.717, 1.165) is 24.5 Å². The fraction of sp³-hybridized carbons (Fsp3) is 0.611. The van der Waals surface area contributed by atoms with Gasteiger partial charge in [-0.05, 0) is 63.0 Å². The Bertz CT molecular complexity index is 480. The van der Waals surface area contributed by atoms with E-state index < -0.39 is 0 Å². The Kier molecular flexibility index (Phi) is 7.33. The van der Waals surface area contributed by atoms with E-state index in [2.05, 4.69) is 20.1 Å². The van der Waals surface area contributed by atoms with Crippen LogP contribution in [0, 0.1) is 5.82 Å². The molecule has 0 aromatic heterocycles. The third-order valence-corrected chi connectivity index (χ3v) is 4.29. The molecule has 0 radical (unpaired) electrons. The molecule has 0 unspecified atom stereocenters. The van der Waals surface area contributed by atoms with Gasteiger partial charge in [0.05, 0.1) is 0 Å². The zero-order valence-electron chi connectivity index (χ0n) is 14.4. The quantitative estimate of drug-likeness (QED) is 0.476. The number of guanidine groups is 1. The van der Waals surface area contributed by atoms with Crippen LogP contribution in [-0.4, -0.2) is 56.0 Å². The van der Waals surface area contributed by atoms with E-state index in [-0.39, 0.29) is 5.82 Å². The minimum absolute atomic E-state index is 0.197. The van der Waals surface area contributed by atoms with Crippen molar-refractivity contribution in [2.24, 2.45) is 4.99 Å². The molecule has 2 rings (SSSR count). The second kappa shape index (κ2) is 9.50. The molecule has 0 saturated carbocycles. The molecule has 1 aliphatic heterocycles. The highest BCUT2D eigenvalue weighted by Gasteiger charge is 2.10. The van der Waals surface area contributed by atoms with Crippen LogP contribution in [0.4, 0.5) is 4.39 Å². The summed E-state index contributed by atoms with van der Waals surface area (Å²) in [5.41, 5.74) is 1.07. The van der Waals surface area contributed by atoms with Crippen molar-refractivity contribution >= 4 is 5.96 Å². The lowest BCUT2D eigenvalue weighted by Crippen LogP contribution is -2.39. The molecule has 1 aromatic rings. The Hall–Kier alpha value is -1.62. The summed E-state index contributed by atoms with van der Waals surface area (Å²) in [6, 6.07) is 6.62. The highest BCUT2D eigenvalue weighted by atomic mass is 19.1. The smallest absolute Gasteiger partial charge is 0.193 e. The van der Waals surface area contributed by atoms with Gasteiger partial charge < -0.3 is 15.1 Å². The lowest BCUT2D eigenvalue weighted by Gasteiger charge is -2.22. The molecule has 23 heavy (non-hydrogen) atoms. The summed E-state index contributed by atoms with van der Waals surface area (Å²) in [5.74, 6) is 0.687. The first-order chi connectivity index (χ1) is 11.2. The van der Waals surface area contributed by atoms with Gasteiger partial charge in [-0.3, -0.25) is 4.99 Å². The zero-order valence-corrected chi connectivity index (χ0v) is 14.4. The monoisotopic (exact) mass is 320 g/mol. The van der Waals surface area contributed by atoms with Gasteiger partial charge in [-0.15, -0.1) is 0 Å². The van der Waals surface area contributed by atoms with Crippen LogP contribution in [0.15, 0.2) is 29.3 Å². The van der Waals surface area contributed by atoms with Crippen LogP contribution in [0.2, 0.25) is 0 Å². The van der Waals surface area contributed by atoms with E-state index in [0.29, 0.717) is 6.54 Å². The summed E-state index contributed by atoms with van der Waals surface area (Å²) in [7, 11) is 3.80. The number of rotatable bonds is 7. The van der Waals surface area contributed by atoms with Crippen molar-refractivity contribution in [1.82, 2.24) is 15.1 Å². The van der Waals surface area contributed by atoms with Crippen molar-refractivity contribution in [3.63, 3.8) is 0 Å². The van der Waals surface area contributed by atoms with Crippen LogP contribution in [0.25, 0.3) is 0 Å². The van der Waals surface area contributed by atoms with E-state index in [9.17, 15) is 4.39 Å².